The van der Waals surface area contributed by atoms with Crippen LogP contribution in [0.5, 0.6) is 0 Å². The topological polar surface area (TPSA) is 45.2 Å². The Kier molecular flexibility index (Phi) is 4.27. The van der Waals surface area contributed by atoms with Crippen LogP contribution in [0.25, 0.3) is 0 Å². The fourth-order valence-corrected chi connectivity index (χ4v) is 6.61. The molecule has 2 aromatic rings. The monoisotopic (exact) mass is 321 g/mol. The van der Waals surface area contributed by atoms with Crippen LogP contribution in [0, 0.1) is 0 Å². The van der Waals surface area contributed by atoms with Gasteiger partial charge in [0.1, 0.15) is 0 Å². The van der Waals surface area contributed by atoms with Gasteiger partial charge in [0.15, 0.2) is 4.75 Å². The third-order valence-electron chi connectivity index (χ3n) is 3.56. The van der Waals surface area contributed by atoms with Crippen LogP contribution in [0.1, 0.15) is 23.4 Å². The predicted octanol–water partition coefficient (Wildman–Crippen LogP) is 2.32. The summed E-state index contributed by atoms with van der Waals surface area (Å²) in [6.45, 7) is 0. The van der Waals surface area contributed by atoms with Crippen LogP contribution in [-0.2, 0) is 17.4 Å². The smallest absolute Gasteiger partial charge is 0.245 e. The number of hydrazine groups is 1. The molecule has 1 aliphatic rings. The van der Waals surface area contributed by atoms with Gasteiger partial charge >= 0.3 is 0 Å². The van der Waals surface area contributed by atoms with Crippen molar-refractivity contribution in [2.75, 3.05) is 14.1 Å². The Morgan fingerprint density at radius 3 is 2.57 bits per heavy atom. The Hall–Kier alpha value is -1.000. The number of benzene rings is 1. The van der Waals surface area contributed by atoms with Gasteiger partial charge in [0.2, 0.25) is 7.29 Å². The second kappa shape index (κ2) is 6.01. The molecule has 0 unspecified atom stereocenters. The maximum Gasteiger partial charge on any atom is 0.245 e. The quantitative estimate of drug-likeness (QED) is 0.693. The number of aryl methyl sites for hydroxylation is 2. The molecule has 1 aromatic heterocycles. The third-order valence-corrected chi connectivity index (χ3v) is 7.92. The summed E-state index contributed by atoms with van der Waals surface area (Å²) < 4.78 is 14.4. The van der Waals surface area contributed by atoms with Crippen molar-refractivity contribution in [3.05, 3.63) is 40.9 Å². The Morgan fingerprint density at radius 2 is 1.90 bits per heavy atom. The molecule has 0 saturated heterocycles. The predicted molar refractivity (Wildman–Crippen MR) is 88.9 cm³/mol. The van der Waals surface area contributed by atoms with Crippen molar-refractivity contribution in [2.24, 2.45) is 0 Å². The van der Waals surface area contributed by atoms with Crippen molar-refractivity contribution in [1.29, 1.82) is 0 Å². The van der Waals surface area contributed by atoms with Gasteiger partial charge in [-0.15, -0.1) is 11.3 Å². The first-order valence-electron chi connectivity index (χ1n) is 7.19. The van der Waals surface area contributed by atoms with Crippen LogP contribution in [0.2, 0.25) is 0 Å². The number of rotatable bonds is 4. The zero-order valence-electron chi connectivity index (χ0n) is 12.4. The maximum absolute atomic E-state index is 13.6. The molecule has 1 aliphatic carbocycles. The molecule has 112 valence electrons. The highest BCUT2D eigenvalue weighted by Gasteiger charge is 2.33. The fourth-order valence-electron chi connectivity index (χ4n) is 2.60. The number of hydrogen-bond acceptors (Lipinski definition) is 4. The summed E-state index contributed by atoms with van der Waals surface area (Å²) in [5.74, 6) is 0. The largest absolute Gasteiger partial charge is 0.293 e. The van der Waals surface area contributed by atoms with E-state index in [1.807, 2.05) is 44.4 Å². The highest BCUT2D eigenvalue weighted by Crippen LogP contribution is 2.41. The lowest BCUT2D eigenvalue weighted by Crippen LogP contribution is -2.36. The Morgan fingerprint density at radius 1 is 1.19 bits per heavy atom. The summed E-state index contributed by atoms with van der Waals surface area (Å²) >= 11 is 1.62. The van der Waals surface area contributed by atoms with Gasteiger partial charge in [0.25, 0.3) is 0 Å². The summed E-state index contributed by atoms with van der Waals surface area (Å²) in [5.41, 5.74) is 1.15. The normalized spacial score (nSPS) is 17.5. The van der Waals surface area contributed by atoms with Gasteiger partial charge < -0.3 is 0 Å². The number of fused-ring (bicyclic) bond motifs is 1. The molecule has 0 spiro atoms. The van der Waals surface area contributed by atoms with Gasteiger partial charge in [-0.05, 0) is 37.8 Å². The summed E-state index contributed by atoms with van der Waals surface area (Å²) in [5, 5.41) is 5.70. The first-order valence-corrected chi connectivity index (χ1v) is 9.72. The second-order valence-corrected chi connectivity index (χ2v) is 9.26. The van der Waals surface area contributed by atoms with Crippen LogP contribution in [-0.4, -0.2) is 24.1 Å². The minimum Gasteiger partial charge on any atom is -0.293 e. The summed E-state index contributed by atoms with van der Waals surface area (Å²) in [6, 6.07) is 9.62. The van der Waals surface area contributed by atoms with Crippen LogP contribution < -0.4 is 15.2 Å². The molecule has 1 atom stereocenters. The van der Waals surface area contributed by atoms with Crippen molar-refractivity contribution in [1.82, 2.24) is 15.2 Å². The summed E-state index contributed by atoms with van der Waals surface area (Å²) in [4.78, 5) is 6.03. The standard InChI is InChI=1S/C15H20N3OPS/c1-18(2)17-20(19,12-8-4-3-5-9-12)15-16-13-10-6-7-11-14(13)21-15/h3-5,8-9H,6-7,10-11H2,1-2H3,(H,17,19)/t20-/m1/s1. The zero-order chi connectivity index (χ0) is 14.9. The van der Waals surface area contributed by atoms with E-state index in [1.54, 1.807) is 16.3 Å². The van der Waals surface area contributed by atoms with Crippen LogP contribution in [0.3, 0.4) is 0 Å². The SMILES string of the molecule is CN(C)N[P@@](=O)(c1ccccc1)c1nc2c(s1)CCCC2. The van der Waals surface area contributed by atoms with E-state index in [-0.39, 0.29) is 0 Å². The number of nitrogens with one attached hydrogen (secondary N) is 1. The van der Waals surface area contributed by atoms with E-state index in [9.17, 15) is 4.57 Å². The Labute approximate surface area is 129 Å². The first-order chi connectivity index (χ1) is 10.1. The van der Waals surface area contributed by atoms with Crippen molar-refractivity contribution in [3.8, 4) is 0 Å². The molecule has 21 heavy (non-hydrogen) atoms. The van der Waals surface area contributed by atoms with Crippen molar-refractivity contribution >= 4 is 28.7 Å². The highest BCUT2D eigenvalue weighted by molar-refractivity contribution is 7.81. The second-order valence-electron chi connectivity index (χ2n) is 5.51. The van der Waals surface area contributed by atoms with Gasteiger partial charge in [0, 0.05) is 24.3 Å². The molecular formula is C15H20N3OPS. The van der Waals surface area contributed by atoms with Crippen LogP contribution in [0.4, 0.5) is 0 Å². The fraction of sp³-hybridized carbons (Fsp3) is 0.400. The first kappa shape index (κ1) is 14.9. The average molecular weight is 321 g/mol. The molecule has 0 fully saturated rings. The van der Waals surface area contributed by atoms with E-state index in [1.165, 1.54) is 17.7 Å². The lowest BCUT2D eigenvalue weighted by Gasteiger charge is -2.22. The van der Waals surface area contributed by atoms with Gasteiger partial charge in [-0.3, -0.25) is 4.57 Å². The minimum absolute atomic E-state index is 0.731. The zero-order valence-corrected chi connectivity index (χ0v) is 14.1. The van der Waals surface area contributed by atoms with Crippen molar-refractivity contribution in [2.45, 2.75) is 25.7 Å². The van der Waals surface area contributed by atoms with E-state index >= 15 is 0 Å². The van der Waals surface area contributed by atoms with Gasteiger partial charge in [0.05, 0.1) is 5.69 Å². The molecule has 0 bridgehead atoms. The Bertz CT molecular complexity index is 645. The highest BCUT2D eigenvalue weighted by atomic mass is 32.1. The van der Waals surface area contributed by atoms with Gasteiger partial charge in [-0.1, -0.05) is 18.2 Å². The van der Waals surface area contributed by atoms with Crippen molar-refractivity contribution < 1.29 is 4.57 Å². The lowest BCUT2D eigenvalue weighted by atomic mass is 10.0. The molecule has 4 nitrogen and oxygen atoms in total. The maximum atomic E-state index is 13.6. The van der Waals surface area contributed by atoms with E-state index in [0.717, 1.165) is 28.6 Å². The molecular weight excluding hydrogens is 301 g/mol. The van der Waals surface area contributed by atoms with E-state index in [0.29, 0.717) is 0 Å². The van der Waals surface area contributed by atoms with Crippen LogP contribution >= 0.6 is 18.6 Å². The van der Waals surface area contributed by atoms with Gasteiger partial charge in [-0.2, -0.15) is 5.20 Å². The number of aromatic nitrogens is 1. The lowest BCUT2D eigenvalue weighted by molar-refractivity contribution is 0.368. The summed E-state index contributed by atoms with van der Waals surface area (Å²) in [7, 11) is 0.827. The van der Waals surface area contributed by atoms with Gasteiger partial charge in [-0.25, -0.2) is 9.99 Å². The Balaban J connectivity index is 2.07. The molecule has 6 heteroatoms. The molecule has 0 saturated carbocycles. The number of hydrogen-bond donors (Lipinski definition) is 1. The average Bonchev–Trinajstić information content (AvgIpc) is 2.92. The van der Waals surface area contributed by atoms with E-state index in [2.05, 4.69) is 5.20 Å². The molecule has 3 rings (SSSR count). The molecule has 0 amide bonds. The van der Waals surface area contributed by atoms with E-state index in [4.69, 9.17) is 4.98 Å². The number of thiazole rings is 1. The molecule has 0 radical (unpaired) electrons. The molecule has 1 heterocycles. The molecule has 1 N–H and O–H groups in total. The minimum atomic E-state index is -2.90. The van der Waals surface area contributed by atoms with Crippen molar-refractivity contribution in [3.63, 3.8) is 0 Å². The van der Waals surface area contributed by atoms with Crippen LogP contribution in [0.15, 0.2) is 30.3 Å². The molecule has 0 aliphatic heterocycles. The summed E-state index contributed by atoms with van der Waals surface area (Å²) in [6.07, 6.45) is 4.49. The third kappa shape index (κ3) is 2.97. The van der Waals surface area contributed by atoms with E-state index < -0.39 is 7.29 Å². The molecule has 1 aromatic carbocycles. The number of nitrogens with zero attached hydrogens (tertiary/aromatic N) is 2.